The number of fused-ring (bicyclic) bond motifs is 2. The molecule has 3 heterocycles. The van der Waals surface area contributed by atoms with Crippen molar-refractivity contribution in [1.82, 2.24) is 4.57 Å². The minimum absolute atomic E-state index is 0.369. The van der Waals surface area contributed by atoms with Gasteiger partial charge < -0.3 is 23.4 Å². The molecule has 35 heavy (non-hydrogen) atoms. The van der Waals surface area contributed by atoms with Gasteiger partial charge in [0.1, 0.15) is 17.6 Å². The van der Waals surface area contributed by atoms with Crippen LogP contribution in [-0.4, -0.2) is 44.3 Å². The normalized spacial score (nSPS) is 16.9. The number of methoxy groups -OCH3 is 2. The molecule has 0 N–H and O–H groups in total. The van der Waals surface area contributed by atoms with Crippen LogP contribution in [0.2, 0.25) is 0 Å². The van der Waals surface area contributed by atoms with Crippen molar-refractivity contribution in [3.8, 4) is 17.2 Å². The lowest BCUT2D eigenvalue weighted by atomic mass is 10.1. The number of aldehydes is 1. The molecule has 1 aliphatic heterocycles. The Kier molecular flexibility index (Phi) is 5.56. The van der Waals surface area contributed by atoms with Crippen LogP contribution >= 0.6 is 0 Å². The van der Waals surface area contributed by atoms with E-state index in [0.29, 0.717) is 28.9 Å². The smallest absolute Gasteiger partial charge is 0.154 e. The van der Waals surface area contributed by atoms with Crippen molar-refractivity contribution in [1.29, 1.82) is 0 Å². The molecule has 0 bridgehead atoms. The van der Waals surface area contributed by atoms with Crippen LogP contribution < -0.4 is 9.64 Å². The molecule has 1 aliphatic carbocycles. The van der Waals surface area contributed by atoms with Crippen LogP contribution in [0.4, 0.5) is 5.69 Å². The van der Waals surface area contributed by atoms with Crippen LogP contribution in [0.5, 0.6) is 5.75 Å². The highest BCUT2D eigenvalue weighted by atomic mass is 16.5. The van der Waals surface area contributed by atoms with Crippen LogP contribution in [0, 0.1) is 12.8 Å². The van der Waals surface area contributed by atoms with E-state index < -0.39 is 0 Å². The molecule has 0 atom stereocenters. The van der Waals surface area contributed by atoms with Gasteiger partial charge in [-0.2, -0.15) is 0 Å². The van der Waals surface area contributed by atoms with Crippen molar-refractivity contribution in [2.45, 2.75) is 45.3 Å². The van der Waals surface area contributed by atoms with Crippen molar-refractivity contribution in [3.05, 3.63) is 47.5 Å². The first-order chi connectivity index (χ1) is 17.1. The Labute approximate surface area is 205 Å². The molecule has 4 aromatic rings. The fourth-order valence-corrected chi connectivity index (χ4v) is 5.57. The SMILES string of the molecule is COc1cc(C=O)cc2oc(-c3cc4ccc(N5CCC(OC)CC5)cc4n3CC3CC3)c(C)c12. The van der Waals surface area contributed by atoms with Crippen LogP contribution in [0.1, 0.15) is 41.6 Å². The van der Waals surface area contributed by atoms with E-state index in [1.54, 1.807) is 19.2 Å². The maximum absolute atomic E-state index is 11.5. The van der Waals surface area contributed by atoms with Crippen molar-refractivity contribution in [2.75, 3.05) is 32.2 Å². The van der Waals surface area contributed by atoms with Crippen LogP contribution in [-0.2, 0) is 11.3 Å². The maximum Gasteiger partial charge on any atom is 0.154 e. The molecule has 0 radical (unpaired) electrons. The summed E-state index contributed by atoms with van der Waals surface area (Å²) in [5, 5.41) is 2.15. The number of nitrogens with zero attached hydrogens (tertiary/aromatic N) is 2. The van der Waals surface area contributed by atoms with E-state index in [4.69, 9.17) is 13.9 Å². The van der Waals surface area contributed by atoms with Crippen molar-refractivity contribution in [3.63, 3.8) is 0 Å². The Morgan fingerprint density at radius 3 is 2.54 bits per heavy atom. The summed E-state index contributed by atoms with van der Waals surface area (Å²) in [6, 6.07) is 12.7. The van der Waals surface area contributed by atoms with E-state index in [9.17, 15) is 4.79 Å². The molecule has 0 amide bonds. The van der Waals surface area contributed by atoms with Gasteiger partial charge in [0.25, 0.3) is 0 Å². The first-order valence-corrected chi connectivity index (χ1v) is 12.6. The summed E-state index contributed by atoms with van der Waals surface area (Å²) in [5.74, 6) is 2.23. The molecule has 182 valence electrons. The van der Waals surface area contributed by atoms with E-state index in [1.807, 2.05) is 7.11 Å². The van der Waals surface area contributed by atoms with Crippen molar-refractivity contribution >= 4 is 33.8 Å². The Morgan fingerprint density at radius 1 is 1.06 bits per heavy atom. The lowest BCUT2D eigenvalue weighted by Gasteiger charge is -2.33. The Hall–Kier alpha value is -3.25. The molecule has 6 rings (SSSR count). The molecule has 2 aliphatic rings. The zero-order chi connectivity index (χ0) is 24.1. The standard InChI is InChI=1S/C29H32N2O4/c1-18-28-26(34-3)12-20(17-32)13-27(28)35-29(18)25-14-21-6-7-22(30-10-8-23(33-2)9-11-30)15-24(21)31(25)16-19-4-5-19/h6-7,12-15,17,19,23H,4-5,8-11,16H2,1-3H3. The number of carbonyl (C=O) groups is 1. The van der Waals surface area contributed by atoms with E-state index in [-0.39, 0.29) is 0 Å². The lowest BCUT2D eigenvalue weighted by molar-refractivity contribution is 0.0819. The molecule has 1 saturated heterocycles. The second kappa shape index (κ2) is 8.76. The summed E-state index contributed by atoms with van der Waals surface area (Å²) in [6.45, 7) is 5.10. The van der Waals surface area contributed by atoms with Gasteiger partial charge in [-0.1, -0.05) is 6.07 Å². The molecule has 2 aromatic carbocycles. The molecule has 2 aromatic heterocycles. The zero-order valence-corrected chi connectivity index (χ0v) is 20.7. The Bertz CT molecular complexity index is 1400. The number of rotatable bonds is 7. The molecule has 6 heteroatoms. The van der Waals surface area contributed by atoms with Gasteiger partial charge in [-0.15, -0.1) is 0 Å². The third kappa shape index (κ3) is 3.90. The highest BCUT2D eigenvalue weighted by molar-refractivity contribution is 5.97. The minimum Gasteiger partial charge on any atom is -0.496 e. The summed E-state index contributed by atoms with van der Waals surface area (Å²) < 4.78 is 20.1. The van der Waals surface area contributed by atoms with Gasteiger partial charge in [0.2, 0.25) is 0 Å². The third-order valence-electron chi connectivity index (χ3n) is 7.77. The first kappa shape index (κ1) is 22.2. The zero-order valence-electron chi connectivity index (χ0n) is 20.7. The van der Waals surface area contributed by atoms with Gasteiger partial charge in [-0.25, -0.2) is 0 Å². The Balaban J connectivity index is 1.47. The molecule has 6 nitrogen and oxygen atoms in total. The quantitative estimate of drug-likeness (QED) is 0.299. The predicted molar refractivity (Wildman–Crippen MR) is 139 cm³/mol. The van der Waals surface area contributed by atoms with E-state index >= 15 is 0 Å². The van der Waals surface area contributed by atoms with Crippen LogP contribution in [0.25, 0.3) is 33.3 Å². The van der Waals surface area contributed by atoms with E-state index in [0.717, 1.165) is 61.2 Å². The number of piperidine rings is 1. The molecule has 1 saturated carbocycles. The van der Waals surface area contributed by atoms with Crippen molar-refractivity contribution < 1.29 is 18.7 Å². The fourth-order valence-electron chi connectivity index (χ4n) is 5.57. The first-order valence-electron chi connectivity index (χ1n) is 12.6. The van der Waals surface area contributed by atoms with Crippen LogP contribution in [0.15, 0.2) is 40.8 Å². The predicted octanol–water partition coefficient (Wildman–Crippen LogP) is 6.21. The number of benzene rings is 2. The summed E-state index contributed by atoms with van der Waals surface area (Å²) in [6.07, 6.45) is 5.88. The molecule has 0 unspecified atom stereocenters. The van der Waals surface area contributed by atoms with Crippen molar-refractivity contribution in [2.24, 2.45) is 5.92 Å². The van der Waals surface area contributed by atoms with Gasteiger partial charge in [-0.3, -0.25) is 4.79 Å². The average Bonchev–Trinajstić information content (AvgIpc) is 3.57. The summed E-state index contributed by atoms with van der Waals surface area (Å²) in [7, 11) is 3.45. The molecular formula is C29H32N2O4. The number of carbonyl (C=O) groups excluding carboxylic acids is 1. The number of ether oxygens (including phenoxy) is 2. The number of hydrogen-bond acceptors (Lipinski definition) is 5. The number of aromatic nitrogens is 1. The second-order valence-corrected chi connectivity index (χ2v) is 10.0. The highest BCUT2D eigenvalue weighted by Gasteiger charge is 2.27. The molecular weight excluding hydrogens is 440 g/mol. The van der Waals surface area contributed by atoms with Gasteiger partial charge in [-0.05, 0) is 68.9 Å². The largest absolute Gasteiger partial charge is 0.496 e. The van der Waals surface area contributed by atoms with E-state index in [2.05, 4.69) is 40.7 Å². The maximum atomic E-state index is 11.5. The van der Waals surface area contributed by atoms with Crippen LogP contribution in [0.3, 0.4) is 0 Å². The average molecular weight is 473 g/mol. The number of anilines is 1. The summed E-state index contributed by atoms with van der Waals surface area (Å²) in [5.41, 5.74) is 5.88. The van der Waals surface area contributed by atoms with Gasteiger partial charge in [0, 0.05) is 48.9 Å². The van der Waals surface area contributed by atoms with Gasteiger partial charge in [0.15, 0.2) is 5.76 Å². The highest BCUT2D eigenvalue weighted by Crippen LogP contribution is 2.42. The molecule has 2 fully saturated rings. The van der Waals surface area contributed by atoms with E-state index in [1.165, 1.54) is 29.4 Å². The fraction of sp³-hybridized carbons (Fsp3) is 0.414. The number of furan rings is 1. The Morgan fingerprint density at radius 2 is 1.86 bits per heavy atom. The summed E-state index contributed by atoms with van der Waals surface area (Å²) in [4.78, 5) is 13.9. The number of aryl methyl sites for hydroxylation is 1. The topological polar surface area (TPSA) is 56.8 Å². The second-order valence-electron chi connectivity index (χ2n) is 10.0. The molecule has 0 spiro atoms. The minimum atomic E-state index is 0.369. The number of hydrogen-bond donors (Lipinski definition) is 0. The van der Waals surface area contributed by atoms with Gasteiger partial charge in [0.05, 0.1) is 29.8 Å². The monoisotopic (exact) mass is 472 g/mol. The lowest BCUT2D eigenvalue weighted by Crippen LogP contribution is -2.36. The summed E-state index contributed by atoms with van der Waals surface area (Å²) >= 11 is 0. The van der Waals surface area contributed by atoms with Gasteiger partial charge >= 0.3 is 0 Å². The third-order valence-corrected chi connectivity index (χ3v) is 7.77.